The van der Waals surface area contributed by atoms with Crippen LogP contribution in [-0.2, 0) is 11.2 Å². The molecule has 1 heterocycles. The van der Waals surface area contributed by atoms with Crippen molar-refractivity contribution in [2.75, 3.05) is 18.5 Å². The second-order valence-corrected chi connectivity index (χ2v) is 5.27. The summed E-state index contributed by atoms with van der Waals surface area (Å²) in [7, 11) is 0. The Morgan fingerprint density at radius 1 is 1.45 bits per heavy atom. The van der Waals surface area contributed by atoms with Crippen molar-refractivity contribution >= 4 is 17.5 Å². The zero-order valence-corrected chi connectivity index (χ0v) is 11.8. The summed E-state index contributed by atoms with van der Waals surface area (Å²) in [5.74, 6) is -0.108. The predicted molar refractivity (Wildman–Crippen MR) is 76.7 cm³/mol. The number of amides is 2. The lowest BCUT2D eigenvalue weighted by Gasteiger charge is -2.26. The van der Waals surface area contributed by atoms with Gasteiger partial charge in [-0.3, -0.25) is 9.59 Å². The molecule has 1 aromatic carbocycles. The van der Waals surface area contributed by atoms with Crippen molar-refractivity contribution in [3.8, 4) is 0 Å². The third kappa shape index (κ3) is 2.99. The average Bonchev–Trinajstić information content (AvgIpc) is 2.77. The molecule has 1 aromatic rings. The number of aliphatic hydroxyl groups excluding tert-OH is 1. The molecule has 0 saturated heterocycles. The van der Waals surface area contributed by atoms with Crippen LogP contribution in [0.25, 0.3) is 0 Å². The predicted octanol–water partition coefficient (Wildman–Crippen LogP) is 1.41. The highest BCUT2D eigenvalue weighted by molar-refractivity contribution is 6.02. The highest BCUT2D eigenvalue weighted by Gasteiger charge is 2.22. The molecule has 0 aromatic heterocycles. The van der Waals surface area contributed by atoms with E-state index < -0.39 is 0 Å². The normalized spacial score (nSPS) is 13.3. The van der Waals surface area contributed by atoms with Crippen LogP contribution in [0.15, 0.2) is 18.2 Å². The van der Waals surface area contributed by atoms with Crippen molar-refractivity contribution in [2.24, 2.45) is 0 Å². The monoisotopic (exact) mass is 276 g/mol. The summed E-state index contributed by atoms with van der Waals surface area (Å²) < 4.78 is 0. The molecule has 0 saturated carbocycles. The number of carbonyl (C=O) groups is 2. The quantitative estimate of drug-likeness (QED) is 0.854. The minimum Gasteiger partial charge on any atom is -0.396 e. The second-order valence-electron chi connectivity index (χ2n) is 5.27. The summed E-state index contributed by atoms with van der Waals surface area (Å²) in [4.78, 5) is 25.6. The SMILES string of the molecule is CC(C)N(CCCO)C(=O)c1ccc2c(c1)NC(=O)C2. The zero-order valence-electron chi connectivity index (χ0n) is 11.8. The van der Waals surface area contributed by atoms with Crippen LogP contribution in [0.1, 0.15) is 36.2 Å². The van der Waals surface area contributed by atoms with Gasteiger partial charge in [-0.15, -0.1) is 0 Å². The lowest BCUT2D eigenvalue weighted by Crippen LogP contribution is -2.38. The minimum absolute atomic E-state index is 0.0365. The second kappa shape index (κ2) is 6.05. The molecule has 0 unspecified atom stereocenters. The standard InChI is InChI=1S/C15H20N2O3/c1-10(2)17(6-3-7-18)15(20)12-5-4-11-9-14(19)16-13(11)8-12/h4-5,8,10,18H,3,6-7,9H2,1-2H3,(H,16,19). The molecule has 2 rings (SSSR count). The van der Waals surface area contributed by atoms with E-state index in [0.29, 0.717) is 24.9 Å². The number of benzene rings is 1. The van der Waals surface area contributed by atoms with Gasteiger partial charge in [-0.05, 0) is 38.0 Å². The fourth-order valence-electron chi connectivity index (χ4n) is 2.35. The molecular weight excluding hydrogens is 256 g/mol. The molecule has 2 amide bonds. The number of carbonyl (C=O) groups excluding carboxylic acids is 2. The molecule has 1 aliphatic rings. The molecule has 2 N–H and O–H groups in total. The van der Waals surface area contributed by atoms with Crippen molar-refractivity contribution in [1.29, 1.82) is 0 Å². The maximum Gasteiger partial charge on any atom is 0.254 e. The van der Waals surface area contributed by atoms with E-state index in [2.05, 4.69) is 5.32 Å². The number of rotatable bonds is 5. The fourth-order valence-corrected chi connectivity index (χ4v) is 2.35. The summed E-state index contributed by atoms with van der Waals surface area (Å²) in [5.41, 5.74) is 2.22. The minimum atomic E-state index is -0.0719. The fraction of sp³-hybridized carbons (Fsp3) is 0.467. The first-order valence-corrected chi connectivity index (χ1v) is 6.87. The lowest BCUT2D eigenvalue weighted by atomic mass is 10.1. The van der Waals surface area contributed by atoms with Crippen molar-refractivity contribution in [1.82, 2.24) is 4.90 Å². The molecule has 5 nitrogen and oxygen atoms in total. The van der Waals surface area contributed by atoms with Crippen LogP contribution >= 0.6 is 0 Å². The van der Waals surface area contributed by atoms with E-state index >= 15 is 0 Å². The Kier molecular flexibility index (Phi) is 4.39. The Morgan fingerprint density at radius 3 is 2.85 bits per heavy atom. The molecule has 20 heavy (non-hydrogen) atoms. The van der Waals surface area contributed by atoms with E-state index in [-0.39, 0.29) is 24.5 Å². The Morgan fingerprint density at radius 2 is 2.20 bits per heavy atom. The van der Waals surface area contributed by atoms with Crippen molar-refractivity contribution < 1.29 is 14.7 Å². The van der Waals surface area contributed by atoms with E-state index in [1.165, 1.54) is 0 Å². The molecule has 0 spiro atoms. The Balaban J connectivity index is 2.19. The molecule has 0 aliphatic carbocycles. The number of nitrogens with one attached hydrogen (secondary N) is 1. The van der Waals surface area contributed by atoms with Gasteiger partial charge in [-0.1, -0.05) is 6.07 Å². The average molecular weight is 276 g/mol. The summed E-state index contributed by atoms with van der Waals surface area (Å²) >= 11 is 0. The Labute approximate surface area is 118 Å². The van der Waals surface area contributed by atoms with Gasteiger partial charge in [0.2, 0.25) is 5.91 Å². The highest BCUT2D eigenvalue weighted by Crippen LogP contribution is 2.25. The van der Waals surface area contributed by atoms with E-state index in [0.717, 1.165) is 11.3 Å². The van der Waals surface area contributed by atoms with Crippen LogP contribution in [0.5, 0.6) is 0 Å². The number of nitrogens with zero attached hydrogens (tertiary/aromatic N) is 1. The van der Waals surface area contributed by atoms with Gasteiger partial charge in [0.15, 0.2) is 0 Å². The third-order valence-electron chi connectivity index (χ3n) is 3.42. The Hall–Kier alpha value is -1.88. The number of anilines is 1. The van der Waals surface area contributed by atoms with Gasteiger partial charge in [0, 0.05) is 30.4 Å². The van der Waals surface area contributed by atoms with Gasteiger partial charge in [0.1, 0.15) is 0 Å². The molecule has 108 valence electrons. The van der Waals surface area contributed by atoms with E-state index in [9.17, 15) is 9.59 Å². The van der Waals surface area contributed by atoms with Crippen molar-refractivity contribution in [3.63, 3.8) is 0 Å². The van der Waals surface area contributed by atoms with Crippen molar-refractivity contribution in [3.05, 3.63) is 29.3 Å². The summed E-state index contributed by atoms with van der Waals surface area (Å²) in [6.07, 6.45) is 0.938. The summed E-state index contributed by atoms with van der Waals surface area (Å²) in [6, 6.07) is 5.38. The van der Waals surface area contributed by atoms with Crippen LogP contribution in [0.4, 0.5) is 5.69 Å². The number of fused-ring (bicyclic) bond motifs is 1. The molecule has 5 heteroatoms. The van der Waals surface area contributed by atoms with E-state index in [4.69, 9.17) is 5.11 Å². The van der Waals surface area contributed by atoms with Gasteiger partial charge < -0.3 is 15.3 Å². The molecule has 1 aliphatic heterocycles. The van der Waals surface area contributed by atoms with Gasteiger partial charge in [-0.25, -0.2) is 0 Å². The van der Waals surface area contributed by atoms with Crippen molar-refractivity contribution in [2.45, 2.75) is 32.7 Å². The van der Waals surface area contributed by atoms with Crippen LogP contribution in [0.2, 0.25) is 0 Å². The summed E-state index contributed by atoms with van der Waals surface area (Å²) in [5, 5.41) is 11.7. The molecular formula is C15H20N2O3. The first-order chi connectivity index (χ1) is 9.52. The van der Waals surface area contributed by atoms with Crippen LogP contribution in [0, 0.1) is 0 Å². The van der Waals surface area contributed by atoms with E-state index in [1.54, 1.807) is 17.0 Å². The topological polar surface area (TPSA) is 69.6 Å². The first kappa shape index (κ1) is 14.5. The number of aliphatic hydroxyl groups is 1. The van der Waals surface area contributed by atoms with Crippen LogP contribution < -0.4 is 5.32 Å². The van der Waals surface area contributed by atoms with Gasteiger partial charge in [-0.2, -0.15) is 0 Å². The smallest absolute Gasteiger partial charge is 0.254 e. The maximum absolute atomic E-state index is 12.5. The zero-order chi connectivity index (χ0) is 14.7. The van der Waals surface area contributed by atoms with Crippen LogP contribution in [0.3, 0.4) is 0 Å². The number of hydrogen-bond acceptors (Lipinski definition) is 3. The van der Waals surface area contributed by atoms with Gasteiger partial charge in [0.05, 0.1) is 6.42 Å². The molecule has 0 radical (unpaired) electrons. The van der Waals surface area contributed by atoms with Gasteiger partial charge >= 0.3 is 0 Å². The first-order valence-electron chi connectivity index (χ1n) is 6.87. The van der Waals surface area contributed by atoms with Gasteiger partial charge in [0.25, 0.3) is 5.91 Å². The molecule has 0 bridgehead atoms. The molecule has 0 atom stereocenters. The highest BCUT2D eigenvalue weighted by atomic mass is 16.3. The third-order valence-corrected chi connectivity index (χ3v) is 3.42. The van der Waals surface area contributed by atoms with Crippen LogP contribution in [-0.4, -0.2) is 41.0 Å². The number of hydrogen-bond donors (Lipinski definition) is 2. The van der Waals surface area contributed by atoms with E-state index in [1.807, 2.05) is 19.9 Å². The summed E-state index contributed by atoms with van der Waals surface area (Å²) in [6.45, 7) is 4.49. The lowest BCUT2D eigenvalue weighted by molar-refractivity contribution is -0.115. The molecule has 0 fully saturated rings. The maximum atomic E-state index is 12.5. The Bertz CT molecular complexity index is 526. The largest absolute Gasteiger partial charge is 0.396 e.